The van der Waals surface area contributed by atoms with Gasteiger partial charge in [-0.2, -0.15) is 0 Å². The molecule has 0 aliphatic carbocycles. The van der Waals surface area contributed by atoms with E-state index in [4.69, 9.17) is 11.6 Å². The van der Waals surface area contributed by atoms with Crippen molar-refractivity contribution < 1.29 is 4.79 Å². The zero-order valence-electron chi connectivity index (χ0n) is 14.8. The van der Waals surface area contributed by atoms with Crippen LogP contribution in [0.3, 0.4) is 0 Å². The molecule has 136 valence electrons. The van der Waals surface area contributed by atoms with Gasteiger partial charge in [0.25, 0.3) is 5.56 Å². The van der Waals surface area contributed by atoms with Gasteiger partial charge in [0.1, 0.15) is 6.54 Å². The Labute approximate surface area is 159 Å². The molecule has 0 aliphatic rings. The van der Waals surface area contributed by atoms with Gasteiger partial charge in [-0.3, -0.25) is 19.7 Å². The second-order valence-electron chi connectivity index (χ2n) is 6.51. The predicted octanol–water partition coefficient (Wildman–Crippen LogP) is 3.79. The molecule has 0 fully saturated rings. The first-order valence-electron chi connectivity index (χ1n) is 8.47. The first-order valence-corrected chi connectivity index (χ1v) is 8.84. The van der Waals surface area contributed by atoms with E-state index in [2.05, 4.69) is 15.4 Å². The maximum atomic E-state index is 12.6. The number of aromatic nitrogens is 3. The van der Waals surface area contributed by atoms with Gasteiger partial charge in [0.2, 0.25) is 5.91 Å². The summed E-state index contributed by atoms with van der Waals surface area (Å²) in [5, 5.41) is 7.60. The Bertz CT molecular complexity index is 1260. The number of nitrogens with one attached hydrogen (secondary N) is 2. The highest BCUT2D eigenvalue weighted by atomic mass is 35.5. The third-order valence-electron chi connectivity index (χ3n) is 4.73. The van der Waals surface area contributed by atoms with Gasteiger partial charge < -0.3 is 5.32 Å². The molecule has 2 heterocycles. The molecule has 0 atom stereocenters. The van der Waals surface area contributed by atoms with Crippen LogP contribution in [0.5, 0.6) is 0 Å². The number of aryl methyl sites for hydroxylation is 1. The lowest BCUT2D eigenvalue weighted by atomic mass is 10.1. The van der Waals surface area contributed by atoms with Crippen molar-refractivity contribution in [3.63, 3.8) is 0 Å². The van der Waals surface area contributed by atoms with Gasteiger partial charge in [0.15, 0.2) is 0 Å². The molecule has 0 saturated carbocycles. The molecule has 0 radical (unpaired) electrons. The fourth-order valence-corrected chi connectivity index (χ4v) is 3.28. The van der Waals surface area contributed by atoms with E-state index in [9.17, 15) is 9.59 Å². The Morgan fingerprint density at radius 1 is 1.22 bits per heavy atom. The van der Waals surface area contributed by atoms with Gasteiger partial charge in [-0.15, -0.1) is 0 Å². The number of hydrogen-bond acceptors (Lipinski definition) is 3. The third-order valence-corrected chi connectivity index (χ3v) is 4.97. The Balaban J connectivity index is 1.69. The molecule has 4 aromatic rings. The van der Waals surface area contributed by atoms with E-state index in [0.717, 1.165) is 27.7 Å². The molecule has 2 aromatic carbocycles. The van der Waals surface area contributed by atoms with Crippen LogP contribution in [0.25, 0.3) is 21.8 Å². The van der Waals surface area contributed by atoms with Crippen LogP contribution >= 0.6 is 11.6 Å². The number of hydrogen-bond donors (Lipinski definition) is 2. The van der Waals surface area contributed by atoms with Crippen molar-refractivity contribution in [3.8, 4) is 0 Å². The molecule has 0 aliphatic heterocycles. The number of anilines is 1. The van der Waals surface area contributed by atoms with Crippen LogP contribution < -0.4 is 10.9 Å². The van der Waals surface area contributed by atoms with E-state index in [-0.39, 0.29) is 18.0 Å². The molecular formula is C20H17ClN4O2. The predicted molar refractivity (Wildman–Crippen MR) is 107 cm³/mol. The standard InChI is InChI=1S/C20H17ClN4O2/c1-11-4-3-5-16(12(11)2)23-18(26)10-25-20(27)15-9-22-17-7-6-13(21)8-14(17)19(15)24-25/h3-9,24H,10H2,1-2H3,(H,23,26). The average molecular weight is 381 g/mol. The fourth-order valence-electron chi connectivity index (χ4n) is 3.11. The lowest BCUT2D eigenvalue weighted by molar-refractivity contribution is -0.116. The Kier molecular flexibility index (Phi) is 4.20. The maximum absolute atomic E-state index is 12.6. The molecule has 4 rings (SSSR count). The largest absolute Gasteiger partial charge is 0.324 e. The first kappa shape index (κ1) is 17.3. The number of carbonyl (C=O) groups excluding carboxylic acids is 1. The molecule has 2 aromatic heterocycles. The van der Waals surface area contributed by atoms with Gasteiger partial charge in [-0.25, -0.2) is 4.68 Å². The van der Waals surface area contributed by atoms with Gasteiger partial charge in [0.05, 0.1) is 16.4 Å². The normalized spacial score (nSPS) is 11.2. The summed E-state index contributed by atoms with van der Waals surface area (Å²) in [7, 11) is 0. The molecular weight excluding hydrogens is 364 g/mol. The number of fused-ring (bicyclic) bond motifs is 3. The number of halogens is 1. The van der Waals surface area contributed by atoms with Crippen LogP contribution in [0.15, 0.2) is 47.4 Å². The number of H-pyrrole nitrogens is 1. The second kappa shape index (κ2) is 6.55. The molecule has 0 spiro atoms. The highest BCUT2D eigenvalue weighted by Crippen LogP contribution is 2.23. The highest BCUT2D eigenvalue weighted by molar-refractivity contribution is 6.31. The minimum absolute atomic E-state index is 0.122. The number of nitrogens with zero attached hydrogens (tertiary/aromatic N) is 2. The van der Waals surface area contributed by atoms with Gasteiger partial charge in [0, 0.05) is 22.3 Å². The second-order valence-corrected chi connectivity index (χ2v) is 6.94. The van der Waals surface area contributed by atoms with Crippen molar-refractivity contribution in [2.45, 2.75) is 20.4 Å². The molecule has 0 bridgehead atoms. The zero-order valence-corrected chi connectivity index (χ0v) is 15.6. The minimum atomic E-state index is -0.296. The lowest BCUT2D eigenvalue weighted by Crippen LogP contribution is -2.26. The van der Waals surface area contributed by atoms with E-state index in [1.807, 2.05) is 32.0 Å². The minimum Gasteiger partial charge on any atom is -0.324 e. The molecule has 0 saturated heterocycles. The molecule has 6 nitrogen and oxygen atoms in total. The van der Waals surface area contributed by atoms with Gasteiger partial charge in [-0.1, -0.05) is 23.7 Å². The van der Waals surface area contributed by atoms with Crippen molar-refractivity contribution in [3.05, 3.63) is 69.1 Å². The SMILES string of the molecule is Cc1cccc(NC(=O)Cn2[nH]c3c(cnc4ccc(Cl)cc43)c2=O)c1C. The fraction of sp³-hybridized carbons (Fsp3) is 0.150. The van der Waals surface area contributed by atoms with Crippen LogP contribution in [0.2, 0.25) is 5.02 Å². The van der Waals surface area contributed by atoms with Crippen LogP contribution in [0.1, 0.15) is 11.1 Å². The van der Waals surface area contributed by atoms with Crippen molar-refractivity contribution in [2.24, 2.45) is 0 Å². The molecule has 2 N–H and O–H groups in total. The average Bonchev–Trinajstić information content (AvgIpc) is 2.95. The van der Waals surface area contributed by atoms with Crippen molar-refractivity contribution in [1.82, 2.24) is 14.8 Å². The topological polar surface area (TPSA) is 79.8 Å². The number of benzene rings is 2. The summed E-state index contributed by atoms with van der Waals surface area (Å²) in [5.74, 6) is -0.285. The van der Waals surface area contributed by atoms with E-state index < -0.39 is 0 Å². The Hall–Kier alpha value is -3.12. The van der Waals surface area contributed by atoms with Crippen LogP contribution in [0.4, 0.5) is 5.69 Å². The summed E-state index contributed by atoms with van der Waals surface area (Å²) in [6.07, 6.45) is 1.52. The Morgan fingerprint density at radius 2 is 2.04 bits per heavy atom. The smallest absolute Gasteiger partial charge is 0.276 e. The van der Waals surface area contributed by atoms with E-state index in [1.54, 1.807) is 18.2 Å². The molecule has 1 amide bonds. The summed E-state index contributed by atoms with van der Waals surface area (Å²) in [6, 6.07) is 11.0. The van der Waals surface area contributed by atoms with Crippen molar-refractivity contribution in [2.75, 3.05) is 5.32 Å². The van der Waals surface area contributed by atoms with Crippen LogP contribution in [-0.2, 0) is 11.3 Å². The van der Waals surface area contributed by atoms with E-state index >= 15 is 0 Å². The molecule has 0 unspecified atom stereocenters. The first-order chi connectivity index (χ1) is 12.9. The maximum Gasteiger partial charge on any atom is 0.276 e. The number of amides is 1. The highest BCUT2D eigenvalue weighted by Gasteiger charge is 2.14. The molecule has 7 heteroatoms. The number of aromatic amines is 1. The molecule has 27 heavy (non-hydrogen) atoms. The summed E-state index contributed by atoms with van der Waals surface area (Å²) in [6.45, 7) is 3.81. The van der Waals surface area contributed by atoms with Crippen molar-refractivity contribution in [1.29, 1.82) is 0 Å². The van der Waals surface area contributed by atoms with E-state index in [1.165, 1.54) is 10.9 Å². The number of carbonyl (C=O) groups is 1. The van der Waals surface area contributed by atoms with Crippen LogP contribution in [0, 0.1) is 13.8 Å². The van der Waals surface area contributed by atoms with Gasteiger partial charge >= 0.3 is 0 Å². The zero-order chi connectivity index (χ0) is 19.1. The lowest BCUT2D eigenvalue weighted by Gasteiger charge is -2.10. The van der Waals surface area contributed by atoms with Gasteiger partial charge in [-0.05, 0) is 49.2 Å². The summed E-state index contributed by atoms with van der Waals surface area (Å²) in [5.41, 5.74) is 3.87. The Morgan fingerprint density at radius 3 is 2.85 bits per heavy atom. The number of rotatable bonds is 3. The third kappa shape index (κ3) is 3.08. The summed E-state index contributed by atoms with van der Waals surface area (Å²) < 4.78 is 1.28. The van der Waals surface area contributed by atoms with Crippen LogP contribution in [-0.4, -0.2) is 20.7 Å². The summed E-state index contributed by atoms with van der Waals surface area (Å²) in [4.78, 5) is 29.4. The number of pyridine rings is 1. The summed E-state index contributed by atoms with van der Waals surface area (Å²) >= 11 is 6.08. The van der Waals surface area contributed by atoms with Crippen molar-refractivity contribution >= 4 is 45.0 Å². The quantitative estimate of drug-likeness (QED) is 0.567. The van der Waals surface area contributed by atoms with E-state index in [0.29, 0.717) is 15.9 Å². The monoisotopic (exact) mass is 380 g/mol.